The van der Waals surface area contributed by atoms with Gasteiger partial charge in [0, 0.05) is 19.0 Å². The summed E-state index contributed by atoms with van der Waals surface area (Å²) in [4.78, 5) is 1.12. The zero-order valence-electron chi connectivity index (χ0n) is 10.8. The molecule has 2 aliphatic rings. The van der Waals surface area contributed by atoms with Crippen molar-refractivity contribution in [1.29, 1.82) is 0 Å². The summed E-state index contributed by atoms with van der Waals surface area (Å²) in [5, 5.41) is 19.0. The Hall–Kier alpha value is -0.500. The molecule has 5 nitrogen and oxygen atoms in total. The minimum atomic E-state index is -0.835. The van der Waals surface area contributed by atoms with Crippen LogP contribution in [0.5, 0.6) is 0 Å². The maximum absolute atomic E-state index is 9.67. The van der Waals surface area contributed by atoms with Crippen molar-refractivity contribution < 1.29 is 5.11 Å². The van der Waals surface area contributed by atoms with Crippen molar-refractivity contribution in [2.45, 2.75) is 23.4 Å². The van der Waals surface area contributed by atoms with E-state index in [2.05, 4.69) is 14.6 Å². The van der Waals surface area contributed by atoms with E-state index in [0.717, 1.165) is 5.17 Å². The third-order valence-electron chi connectivity index (χ3n) is 2.77. The number of azo groups is 1. The molecule has 0 saturated carbocycles. The van der Waals surface area contributed by atoms with Crippen LogP contribution in [0.25, 0.3) is 0 Å². The summed E-state index contributed by atoms with van der Waals surface area (Å²) in [6.45, 7) is 1.74. The van der Waals surface area contributed by atoms with Gasteiger partial charge in [-0.1, -0.05) is 17.8 Å². The molecule has 1 heterocycles. The fourth-order valence-corrected chi connectivity index (χ4v) is 3.29. The van der Waals surface area contributed by atoms with Gasteiger partial charge in [-0.25, -0.2) is 0 Å². The van der Waals surface area contributed by atoms with Gasteiger partial charge in [0.2, 0.25) is 5.50 Å². The first-order chi connectivity index (χ1) is 8.94. The minimum Gasteiger partial charge on any atom is -0.387 e. The van der Waals surface area contributed by atoms with E-state index in [-0.39, 0.29) is 5.50 Å². The van der Waals surface area contributed by atoms with Crippen LogP contribution in [0.15, 0.2) is 38.6 Å². The van der Waals surface area contributed by atoms with Crippen LogP contribution in [0.3, 0.4) is 0 Å². The van der Waals surface area contributed by atoms with Crippen LogP contribution in [-0.4, -0.2) is 45.0 Å². The second-order valence-corrected chi connectivity index (χ2v) is 6.76. The monoisotopic (exact) mass is 318 g/mol. The highest BCUT2D eigenvalue weighted by molar-refractivity contribution is 8.14. The Labute approximate surface area is 126 Å². The Bertz CT molecular complexity index is 475. The predicted octanol–water partition coefficient (Wildman–Crippen LogP) is 2.85. The van der Waals surface area contributed by atoms with Gasteiger partial charge >= 0.3 is 0 Å². The third-order valence-corrected chi connectivity index (χ3v) is 4.84. The molecule has 104 valence electrons. The van der Waals surface area contributed by atoms with Crippen LogP contribution in [0.4, 0.5) is 0 Å². The molecule has 0 bridgehead atoms. The maximum atomic E-state index is 9.67. The minimum absolute atomic E-state index is 0.148. The van der Waals surface area contributed by atoms with E-state index in [1.807, 2.05) is 18.2 Å². The van der Waals surface area contributed by atoms with Crippen LogP contribution in [0.2, 0.25) is 0 Å². The topological polar surface area (TPSA) is 60.6 Å². The van der Waals surface area contributed by atoms with Gasteiger partial charge in [-0.05, 0) is 25.3 Å². The van der Waals surface area contributed by atoms with Crippen LogP contribution in [0.1, 0.15) is 6.92 Å². The van der Waals surface area contributed by atoms with Gasteiger partial charge in [-0.2, -0.15) is 9.51 Å². The highest BCUT2D eigenvalue weighted by Gasteiger charge is 2.30. The van der Waals surface area contributed by atoms with Crippen LogP contribution < -0.4 is 0 Å². The van der Waals surface area contributed by atoms with Crippen molar-refractivity contribution in [3.63, 3.8) is 0 Å². The summed E-state index contributed by atoms with van der Waals surface area (Å²) in [7, 11) is 1.93. The number of nitrogens with zero attached hydrogens (tertiary/aromatic N) is 4. The van der Waals surface area contributed by atoms with Crippen molar-refractivity contribution in [3.05, 3.63) is 23.9 Å². The van der Waals surface area contributed by atoms with E-state index < -0.39 is 11.0 Å². The van der Waals surface area contributed by atoms with Crippen molar-refractivity contribution in [1.82, 2.24) is 4.90 Å². The Morgan fingerprint density at radius 1 is 1.63 bits per heavy atom. The van der Waals surface area contributed by atoms with Gasteiger partial charge in [0.25, 0.3) is 0 Å². The van der Waals surface area contributed by atoms with E-state index >= 15 is 0 Å². The molecule has 0 saturated heterocycles. The molecule has 1 N–H and O–H groups in total. The molecule has 19 heavy (non-hydrogen) atoms. The molecule has 0 fully saturated rings. The fourth-order valence-electron chi connectivity index (χ4n) is 1.58. The predicted molar refractivity (Wildman–Crippen MR) is 82.4 cm³/mol. The molecule has 1 aliphatic heterocycles. The SMILES string of the molecule is CSC1=NSC(/N=N/C2=CC(C)(Cl)C(O)C=C2)N1C. The van der Waals surface area contributed by atoms with Crippen LogP contribution >= 0.6 is 35.3 Å². The maximum Gasteiger partial charge on any atom is 0.211 e. The zero-order valence-corrected chi connectivity index (χ0v) is 13.2. The lowest BCUT2D eigenvalue weighted by atomic mass is 9.97. The average Bonchev–Trinajstić information content (AvgIpc) is 2.71. The first-order valence-electron chi connectivity index (χ1n) is 5.63. The number of allylic oxidation sites excluding steroid dienone is 1. The molecule has 0 spiro atoms. The zero-order chi connectivity index (χ0) is 14.0. The molecule has 0 aromatic rings. The second-order valence-electron chi connectivity index (χ2n) is 4.36. The molecule has 0 aromatic heterocycles. The molecule has 3 atom stereocenters. The van der Waals surface area contributed by atoms with Crippen molar-refractivity contribution in [3.8, 4) is 0 Å². The summed E-state index contributed by atoms with van der Waals surface area (Å²) in [5.41, 5.74) is 0.500. The summed E-state index contributed by atoms with van der Waals surface area (Å²) in [6.07, 6.45) is 6.31. The van der Waals surface area contributed by atoms with E-state index in [1.165, 1.54) is 11.9 Å². The number of aliphatic hydroxyl groups excluding tert-OH is 1. The van der Waals surface area contributed by atoms with Crippen molar-refractivity contribution in [2.75, 3.05) is 13.3 Å². The van der Waals surface area contributed by atoms with Gasteiger partial charge in [-0.15, -0.1) is 16.7 Å². The number of hydrogen-bond donors (Lipinski definition) is 1. The molecule has 8 heteroatoms. The Kier molecular flexibility index (Phi) is 4.60. The average molecular weight is 319 g/mol. The molecule has 1 aliphatic carbocycles. The van der Waals surface area contributed by atoms with Crippen molar-refractivity contribution in [2.24, 2.45) is 14.6 Å². The van der Waals surface area contributed by atoms with Crippen molar-refractivity contribution >= 4 is 40.5 Å². The van der Waals surface area contributed by atoms with Gasteiger partial charge in [0.05, 0.1) is 16.7 Å². The Balaban J connectivity index is 2.03. The second kappa shape index (κ2) is 5.87. The Morgan fingerprint density at radius 3 is 2.95 bits per heavy atom. The fraction of sp³-hybridized carbons (Fsp3) is 0.545. The molecule has 0 radical (unpaired) electrons. The number of alkyl halides is 1. The van der Waals surface area contributed by atoms with E-state index in [1.54, 1.807) is 36.9 Å². The molecular formula is C11H15ClN4OS2. The van der Waals surface area contributed by atoms with Gasteiger partial charge in [-0.3, -0.25) is 0 Å². The number of aliphatic hydroxyl groups is 1. The first-order valence-corrected chi connectivity index (χ1v) is 8.07. The molecule has 3 unspecified atom stereocenters. The van der Waals surface area contributed by atoms with Gasteiger partial charge < -0.3 is 10.0 Å². The van der Waals surface area contributed by atoms with E-state index in [9.17, 15) is 5.11 Å². The highest BCUT2D eigenvalue weighted by Crippen LogP contribution is 2.31. The standard InChI is InChI=1S/C11H15ClN4OS2/c1-11(12)6-7(4-5-8(11)17)13-14-9-16(2)10(18-3)15-19-9/h4-6,8-9,17H,1-3H3/b14-13+. The number of amidine groups is 1. The summed E-state index contributed by atoms with van der Waals surface area (Å²) < 4.78 is 4.29. The number of halogens is 1. The summed E-state index contributed by atoms with van der Waals surface area (Å²) in [6, 6.07) is 0. The molecule has 0 aromatic carbocycles. The first kappa shape index (κ1) is 14.9. The normalized spacial score (nSPS) is 34.9. The summed E-state index contributed by atoms with van der Waals surface area (Å²) >= 11 is 9.11. The lowest BCUT2D eigenvalue weighted by Crippen LogP contribution is -2.31. The Morgan fingerprint density at radius 2 is 2.37 bits per heavy atom. The number of thioether (sulfide) groups is 1. The number of rotatable bonds is 2. The quantitative estimate of drug-likeness (QED) is 0.483. The van der Waals surface area contributed by atoms with Crippen LogP contribution in [0, 0.1) is 0 Å². The molecular weight excluding hydrogens is 304 g/mol. The van der Waals surface area contributed by atoms with E-state index in [4.69, 9.17) is 11.6 Å². The van der Waals surface area contributed by atoms with Gasteiger partial charge in [0.15, 0.2) is 5.17 Å². The largest absolute Gasteiger partial charge is 0.387 e. The highest BCUT2D eigenvalue weighted by atomic mass is 35.5. The van der Waals surface area contributed by atoms with E-state index in [0.29, 0.717) is 5.70 Å². The third kappa shape index (κ3) is 3.34. The summed E-state index contributed by atoms with van der Waals surface area (Å²) in [5.74, 6) is 0. The lowest BCUT2D eigenvalue weighted by molar-refractivity contribution is 0.195. The van der Waals surface area contributed by atoms with Crippen LogP contribution in [-0.2, 0) is 0 Å². The molecule has 0 amide bonds. The number of hydrogen-bond acceptors (Lipinski definition) is 7. The smallest absolute Gasteiger partial charge is 0.211 e. The molecule has 2 rings (SSSR count). The lowest BCUT2D eigenvalue weighted by Gasteiger charge is -2.25. The van der Waals surface area contributed by atoms with Gasteiger partial charge in [0.1, 0.15) is 0 Å².